The Morgan fingerprint density at radius 2 is 1.91 bits per heavy atom. The summed E-state index contributed by atoms with van der Waals surface area (Å²) in [5, 5.41) is 5.60. The maximum Gasteiger partial charge on any atom is 0.315 e. The Balaban J connectivity index is 1.64. The van der Waals surface area contributed by atoms with Gasteiger partial charge in [-0.05, 0) is 37.0 Å². The first-order valence-corrected chi connectivity index (χ1v) is 8.32. The van der Waals surface area contributed by atoms with Crippen LogP contribution in [0.1, 0.15) is 37.7 Å². The SMILES string of the molecule is CN(CCc1ccncc1)C(=O)CNC(=O)NC1CCCCC1. The number of likely N-dealkylation sites (N-methyl/N-ethyl adjacent to an activating group) is 1. The van der Waals surface area contributed by atoms with Crippen molar-refractivity contribution in [1.82, 2.24) is 20.5 Å². The summed E-state index contributed by atoms with van der Waals surface area (Å²) in [6.07, 6.45) is 9.92. The van der Waals surface area contributed by atoms with Crippen LogP contribution in [0.15, 0.2) is 24.5 Å². The minimum Gasteiger partial charge on any atom is -0.344 e. The molecular weight excluding hydrogens is 292 g/mol. The minimum atomic E-state index is -0.243. The molecule has 126 valence electrons. The summed E-state index contributed by atoms with van der Waals surface area (Å²) in [6, 6.07) is 3.89. The van der Waals surface area contributed by atoms with Gasteiger partial charge in [0.15, 0.2) is 0 Å². The van der Waals surface area contributed by atoms with E-state index in [9.17, 15) is 9.59 Å². The summed E-state index contributed by atoms with van der Waals surface area (Å²) in [5.41, 5.74) is 1.14. The first kappa shape index (κ1) is 17.2. The third kappa shape index (κ3) is 6.26. The quantitative estimate of drug-likeness (QED) is 0.838. The van der Waals surface area contributed by atoms with Crippen LogP contribution in [0, 0.1) is 0 Å². The van der Waals surface area contributed by atoms with Gasteiger partial charge in [0.05, 0.1) is 6.54 Å². The Morgan fingerprint density at radius 3 is 2.61 bits per heavy atom. The van der Waals surface area contributed by atoms with Gasteiger partial charge in [-0.15, -0.1) is 0 Å². The van der Waals surface area contributed by atoms with E-state index in [2.05, 4.69) is 15.6 Å². The number of aromatic nitrogens is 1. The molecule has 0 spiro atoms. The van der Waals surface area contributed by atoms with Crippen molar-refractivity contribution >= 4 is 11.9 Å². The lowest BCUT2D eigenvalue weighted by atomic mass is 9.96. The van der Waals surface area contributed by atoms with Gasteiger partial charge in [0.1, 0.15) is 0 Å². The van der Waals surface area contributed by atoms with Gasteiger partial charge in [0.25, 0.3) is 0 Å². The number of urea groups is 1. The smallest absolute Gasteiger partial charge is 0.315 e. The number of carbonyl (C=O) groups is 2. The van der Waals surface area contributed by atoms with Crippen molar-refractivity contribution in [3.63, 3.8) is 0 Å². The van der Waals surface area contributed by atoms with Crippen LogP contribution in [-0.4, -0.2) is 48.0 Å². The van der Waals surface area contributed by atoms with Gasteiger partial charge in [0, 0.05) is 32.0 Å². The molecule has 1 aliphatic rings. The number of rotatable bonds is 6. The molecule has 0 unspecified atom stereocenters. The van der Waals surface area contributed by atoms with Crippen molar-refractivity contribution < 1.29 is 9.59 Å². The third-order valence-electron chi connectivity index (χ3n) is 4.25. The maximum atomic E-state index is 12.0. The zero-order valence-electron chi connectivity index (χ0n) is 13.8. The van der Waals surface area contributed by atoms with Gasteiger partial charge in [-0.3, -0.25) is 9.78 Å². The van der Waals surface area contributed by atoms with Crippen molar-refractivity contribution in [2.24, 2.45) is 0 Å². The van der Waals surface area contributed by atoms with Crippen LogP contribution < -0.4 is 10.6 Å². The highest BCUT2D eigenvalue weighted by molar-refractivity contribution is 5.83. The van der Waals surface area contributed by atoms with Gasteiger partial charge in [-0.25, -0.2) is 4.79 Å². The molecule has 1 aromatic rings. The molecule has 3 amide bonds. The zero-order chi connectivity index (χ0) is 16.5. The van der Waals surface area contributed by atoms with Crippen molar-refractivity contribution in [3.05, 3.63) is 30.1 Å². The van der Waals surface area contributed by atoms with E-state index in [0.29, 0.717) is 6.54 Å². The van der Waals surface area contributed by atoms with Crippen molar-refractivity contribution in [1.29, 1.82) is 0 Å². The van der Waals surface area contributed by atoms with E-state index < -0.39 is 0 Å². The second kappa shape index (κ2) is 9.12. The van der Waals surface area contributed by atoms with Crippen LogP contribution in [0.3, 0.4) is 0 Å². The van der Waals surface area contributed by atoms with E-state index in [1.807, 2.05) is 12.1 Å². The molecular formula is C17H26N4O2. The number of carbonyl (C=O) groups excluding carboxylic acids is 2. The van der Waals surface area contributed by atoms with Crippen molar-refractivity contribution in [2.45, 2.75) is 44.6 Å². The zero-order valence-corrected chi connectivity index (χ0v) is 13.8. The molecule has 0 aromatic carbocycles. The molecule has 1 aliphatic carbocycles. The summed E-state index contributed by atoms with van der Waals surface area (Å²) in [6.45, 7) is 0.653. The second-order valence-electron chi connectivity index (χ2n) is 6.08. The normalized spacial score (nSPS) is 15.0. The van der Waals surface area contributed by atoms with E-state index in [1.165, 1.54) is 19.3 Å². The molecule has 1 heterocycles. The highest BCUT2D eigenvalue weighted by Crippen LogP contribution is 2.17. The Labute approximate surface area is 137 Å². The number of hydrogen-bond acceptors (Lipinski definition) is 3. The Morgan fingerprint density at radius 1 is 1.22 bits per heavy atom. The average Bonchev–Trinajstić information content (AvgIpc) is 2.59. The summed E-state index contributed by atoms with van der Waals surface area (Å²) in [4.78, 5) is 29.5. The average molecular weight is 318 g/mol. The van der Waals surface area contributed by atoms with Gasteiger partial charge >= 0.3 is 6.03 Å². The van der Waals surface area contributed by atoms with Crippen LogP contribution >= 0.6 is 0 Å². The molecule has 0 aliphatic heterocycles. The minimum absolute atomic E-state index is 0.0331. The molecule has 2 rings (SSSR count). The Hall–Kier alpha value is -2.11. The summed E-state index contributed by atoms with van der Waals surface area (Å²) in [5.74, 6) is -0.0853. The predicted octanol–water partition coefficient (Wildman–Crippen LogP) is 1.71. The van der Waals surface area contributed by atoms with Crippen molar-refractivity contribution in [3.8, 4) is 0 Å². The van der Waals surface area contributed by atoms with E-state index in [4.69, 9.17) is 0 Å². The molecule has 2 N–H and O–H groups in total. The lowest BCUT2D eigenvalue weighted by Gasteiger charge is -2.23. The predicted molar refractivity (Wildman–Crippen MR) is 89.0 cm³/mol. The fourth-order valence-electron chi connectivity index (χ4n) is 2.75. The Bertz CT molecular complexity index is 501. The van der Waals surface area contributed by atoms with Gasteiger partial charge in [-0.1, -0.05) is 19.3 Å². The summed E-state index contributed by atoms with van der Waals surface area (Å²) in [7, 11) is 1.75. The molecule has 23 heavy (non-hydrogen) atoms. The first-order chi connectivity index (χ1) is 11.1. The van der Waals surface area contributed by atoms with E-state index >= 15 is 0 Å². The first-order valence-electron chi connectivity index (χ1n) is 8.32. The van der Waals surface area contributed by atoms with Crippen LogP contribution in [0.2, 0.25) is 0 Å². The lowest BCUT2D eigenvalue weighted by molar-refractivity contribution is -0.128. The molecule has 0 radical (unpaired) electrons. The monoisotopic (exact) mass is 318 g/mol. The second-order valence-corrected chi connectivity index (χ2v) is 6.08. The standard InChI is InChI=1S/C17H26N4O2/c1-21(12-9-14-7-10-18-11-8-14)16(22)13-19-17(23)20-15-5-3-2-4-6-15/h7-8,10-11,15H,2-6,9,12-13H2,1H3,(H2,19,20,23). The van der Waals surface area contributed by atoms with Crippen LogP contribution in [0.25, 0.3) is 0 Å². The molecule has 6 heteroatoms. The van der Waals surface area contributed by atoms with E-state index in [1.54, 1.807) is 24.3 Å². The molecule has 0 saturated heterocycles. The van der Waals surface area contributed by atoms with Crippen LogP contribution in [0.5, 0.6) is 0 Å². The lowest BCUT2D eigenvalue weighted by Crippen LogP contribution is -2.46. The molecule has 6 nitrogen and oxygen atoms in total. The molecule has 1 fully saturated rings. The van der Waals surface area contributed by atoms with E-state index in [0.717, 1.165) is 24.8 Å². The number of amides is 3. The van der Waals surface area contributed by atoms with Crippen LogP contribution in [0.4, 0.5) is 4.79 Å². The fourth-order valence-corrected chi connectivity index (χ4v) is 2.75. The number of pyridine rings is 1. The maximum absolute atomic E-state index is 12.0. The number of hydrogen-bond donors (Lipinski definition) is 2. The fraction of sp³-hybridized carbons (Fsp3) is 0.588. The molecule has 1 aromatic heterocycles. The van der Waals surface area contributed by atoms with Gasteiger partial charge < -0.3 is 15.5 Å². The van der Waals surface area contributed by atoms with Gasteiger partial charge in [0.2, 0.25) is 5.91 Å². The summed E-state index contributed by atoms with van der Waals surface area (Å²) >= 11 is 0. The van der Waals surface area contributed by atoms with Crippen molar-refractivity contribution in [2.75, 3.05) is 20.1 Å². The van der Waals surface area contributed by atoms with Gasteiger partial charge in [-0.2, -0.15) is 0 Å². The highest BCUT2D eigenvalue weighted by Gasteiger charge is 2.16. The van der Waals surface area contributed by atoms with E-state index in [-0.39, 0.29) is 24.5 Å². The van der Waals surface area contributed by atoms with Crippen LogP contribution in [-0.2, 0) is 11.2 Å². The number of nitrogens with one attached hydrogen (secondary N) is 2. The topological polar surface area (TPSA) is 74.3 Å². The third-order valence-corrected chi connectivity index (χ3v) is 4.25. The molecule has 0 atom stereocenters. The summed E-state index contributed by atoms with van der Waals surface area (Å²) < 4.78 is 0. The number of nitrogens with zero attached hydrogens (tertiary/aromatic N) is 2. The highest BCUT2D eigenvalue weighted by atomic mass is 16.2. The molecule has 0 bridgehead atoms. The largest absolute Gasteiger partial charge is 0.344 e. The molecule has 1 saturated carbocycles. The Kier molecular flexibility index (Phi) is 6.84.